The molecule has 44 heavy (non-hydrogen) atoms. The van der Waals surface area contributed by atoms with Crippen molar-refractivity contribution in [2.45, 2.75) is 110 Å². The zero-order valence-electron chi connectivity index (χ0n) is 26.7. The van der Waals surface area contributed by atoms with Crippen LogP contribution in [0.1, 0.15) is 95.3 Å². The second-order valence-corrected chi connectivity index (χ2v) is 13.7. The maximum Gasteiger partial charge on any atom is 0.337 e. The molecule has 0 aliphatic carbocycles. The predicted octanol–water partition coefficient (Wildman–Crippen LogP) is 6.68. The van der Waals surface area contributed by atoms with Gasteiger partial charge in [-0.2, -0.15) is 9.61 Å². The summed E-state index contributed by atoms with van der Waals surface area (Å²) < 4.78 is 26.8. The number of hydrogen-bond acceptors (Lipinski definition) is 8. The molecule has 1 fully saturated rings. The number of fused-ring (bicyclic) bond motifs is 10. The van der Waals surface area contributed by atoms with Gasteiger partial charge in [0.25, 0.3) is 0 Å². The highest BCUT2D eigenvalue weighted by Gasteiger charge is 2.37. The van der Waals surface area contributed by atoms with Crippen LogP contribution in [0.3, 0.4) is 0 Å². The first kappa shape index (κ1) is 32.5. The Morgan fingerprint density at radius 1 is 1.18 bits per heavy atom. The van der Waals surface area contributed by atoms with E-state index in [4.69, 9.17) is 40.6 Å². The molecule has 4 bridgehead atoms. The van der Waals surface area contributed by atoms with Crippen molar-refractivity contribution in [3.05, 3.63) is 51.8 Å². The van der Waals surface area contributed by atoms with E-state index < -0.39 is 17.7 Å². The number of piperidine rings is 1. The van der Waals surface area contributed by atoms with Crippen molar-refractivity contribution < 1.29 is 28.8 Å². The van der Waals surface area contributed by atoms with Gasteiger partial charge in [-0.05, 0) is 85.8 Å². The summed E-state index contributed by atoms with van der Waals surface area (Å²) >= 11 is 6.31. The zero-order valence-corrected chi connectivity index (χ0v) is 27.4. The Kier molecular flexibility index (Phi) is 9.75. The minimum atomic E-state index is -1.22. The fourth-order valence-corrected chi connectivity index (χ4v) is 6.08. The SMILES string of the molecule is Cc1nc2cc3nn2c(c1[C@H](OC(C)(C)C)C(=O)O)N1CCC(C)(CC1)OCCCC[C@H](C)Oc1cc(Cl)ccc1COC3. The van der Waals surface area contributed by atoms with Gasteiger partial charge in [0.05, 0.1) is 41.8 Å². The monoisotopic (exact) mass is 628 g/mol. The molecule has 3 aliphatic rings. The highest BCUT2D eigenvalue weighted by Crippen LogP contribution is 2.38. The average Bonchev–Trinajstić information content (AvgIpc) is 3.34. The van der Waals surface area contributed by atoms with Crippen molar-refractivity contribution in [2.24, 2.45) is 0 Å². The van der Waals surface area contributed by atoms with Crippen molar-refractivity contribution >= 4 is 29.0 Å². The number of nitrogens with zero attached hydrogens (tertiary/aromatic N) is 4. The molecule has 0 amide bonds. The maximum absolute atomic E-state index is 12.7. The Morgan fingerprint density at radius 3 is 2.64 bits per heavy atom. The molecule has 240 valence electrons. The van der Waals surface area contributed by atoms with Crippen LogP contribution in [-0.4, -0.2) is 62.7 Å². The van der Waals surface area contributed by atoms with Gasteiger partial charge in [0.15, 0.2) is 11.8 Å². The first-order chi connectivity index (χ1) is 20.8. The van der Waals surface area contributed by atoms with Gasteiger partial charge in [0.1, 0.15) is 11.6 Å². The smallest absolute Gasteiger partial charge is 0.337 e. The van der Waals surface area contributed by atoms with Crippen LogP contribution in [0, 0.1) is 6.92 Å². The number of benzene rings is 1. The fraction of sp³-hybridized carbons (Fsp3) is 0.606. The van der Waals surface area contributed by atoms with Gasteiger partial charge in [-0.3, -0.25) is 0 Å². The highest BCUT2D eigenvalue weighted by atomic mass is 35.5. The summed E-state index contributed by atoms with van der Waals surface area (Å²) in [5.74, 6) is 0.336. The van der Waals surface area contributed by atoms with Crippen LogP contribution in [0.4, 0.5) is 5.82 Å². The van der Waals surface area contributed by atoms with Gasteiger partial charge in [-0.1, -0.05) is 17.7 Å². The van der Waals surface area contributed by atoms with E-state index in [2.05, 4.69) is 18.7 Å². The van der Waals surface area contributed by atoms with Crippen molar-refractivity contribution in [1.82, 2.24) is 14.6 Å². The Morgan fingerprint density at radius 2 is 1.93 bits per heavy atom. The average molecular weight is 629 g/mol. The summed E-state index contributed by atoms with van der Waals surface area (Å²) in [5.41, 5.74) is 2.36. The van der Waals surface area contributed by atoms with E-state index in [0.717, 1.165) is 37.7 Å². The molecule has 2 aromatic heterocycles. The first-order valence-corrected chi connectivity index (χ1v) is 15.9. The van der Waals surface area contributed by atoms with Gasteiger partial charge >= 0.3 is 5.97 Å². The molecule has 0 unspecified atom stereocenters. The molecule has 0 spiro atoms. The van der Waals surface area contributed by atoms with Crippen molar-refractivity contribution in [1.29, 1.82) is 0 Å². The van der Waals surface area contributed by atoms with Gasteiger partial charge in [0, 0.05) is 42.0 Å². The Balaban J connectivity index is 1.55. The molecule has 0 radical (unpaired) electrons. The van der Waals surface area contributed by atoms with Crippen LogP contribution < -0.4 is 9.64 Å². The zero-order chi connectivity index (χ0) is 31.6. The summed E-state index contributed by atoms with van der Waals surface area (Å²) in [4.78, 5) is 19.7. The van der Waals surface area contributed by atoms with Crippen molar-refractivity contribution in [2.75, 3.05) is 24.6 Å². The number of halogens is 1. The third kappa shape index (κ3) is 7.65. The number of aliphatic carboxylic acids is 1. The quantitative estimate of drug-likeness (QED) is 0.340. The Hall–Kier alpha value is -2.92. The van der Waals surface area contributed by atoms with Gasteiger partial charge in [0.2, 0.25) is 0 Å². The lowest BCUT2D eigenvalue weighted by molar-refractivity contribution is -0.160. The molecule has 2 atom stereocenters. The lowest BCUT2D eigenvalue weighted by Gasteiger charge is -2.41. The molecular formula is C33H45ClN4O6. The molecule has 1 saturated heterocycles. The molecule has 3 aliphatic heterocycles. The summed E-state index contributed by atoms with van der Waals surface area (Å²) in [6, 6.07) is 7.49. The number of anilines is 1. The van der Waals surface area contributed by atoms with Crippen LogP contribution in [0.2, 0.25) is 5.02 Å². The maximum atomic E-state index is 12.7. The van der Waals surface area contributed by atoms with Crippen LogP contribution in [-0.2, 0) is 32.2 Å². The number of ether oxygens (including phenoxy) is 4. The van der Waals surface area contributed by atoms with E-state index in [1.54, 1.807) is 4.52 Å². The fourth-order valence-electron chi connectivity index (χ4n) is 5.92. The first-order valence-electron chi connectivity index (χ1n) is 15.5. The number of carboxylic acids is 1. The number of carboxylic acid groups (broad SMARTS) is 1. The molecule has 0 saturated carbocycles. The lowest BCUT2D eigenvalue weighted by atomic mass is 9.92. The normalized spacial score (nSPS) is 22.9. The highest BCUT2D eigenvalue weighted by molar-refractivity contribution is 6.30. The molecule has 3 aromatic rings. The minimum absolute atomic E-state index is 0.0221. The summed E-state index contributed by atoms with van der Waals surface area (Å²) in [5, 5.41) is 15.9. The molecule has 5 heterocycles. The van der Waals surface area contributed by atoms with Crippen LogP contribution in [0.25, 0.3) is 5.65 Å². The number of rotatable bonds is 3. The van der Waals surface area contributed by atoms with Crippen LogP contribution in [0.15, 0.2) is 24.3 Å². The second kappa shape index (κ2) is 13.2. The van der Waals surface area contributed by atoms with E-state index in [1.807, 2.05) is 52.0 Å². The molecular weight excluding hydrogens is 584 g/mol. The lowest BCUT2D eigenvalue weighted by Crippen LogP contribution is -2.46. The third-order valence-electron chi connectivity index (χ3n) is 8.25. The standard InChI is InChI=1S/C33H45ClN4O6/c1-21-9-7-8-16-42-33(6)12-14-37(15-13-33)30-28(29(31(39)40)44-32(3,4)5)22(2)35-27-18-25(36-38(27)30)20-41-19-23-10-11-24(34)17-26(23)43-21/h10-11,17-18,21,29H,7-9,12-16,19-20H2,1-6H3,(H,39,40)/t21-,29-/m0/s1. The van der Waals surface area contributed by atoms with Gasteiger partial charge < -0.3 is 29.0 Å². The Labute approximate surface area is 264 Å². The number of hydrogen-bond donors (Lipinski definition) is 1. The van der Waals surface area contributed by atoms with Gasteiger partial charge in [-0.25, -0.2) is 9.78 Å². The molecule has 10 nitrogen and oxygen atoms in total. The van der Waals surface area contributed by atoms with E-state index in [0.29, 0.717) is 65.5 Å². The Bertz CT molecular complexity index is 1480. The number of carbonyl (C=O) groups is 1. The van der Waals surface area contributed by atoms with Crippen molar-refractivity contribution in [3.63, 3.8) is 0 Å². The van der Waals surface area contributed by atoms with E-state index in [9.17, 15) is 9.90 Å². The summed E-state index contributed by atoms with van der Waals surface area (Å²) in [6.45, 7) is 14.2. The van der Waals surface area contributed by atoms with Crippen molar-refractivity contribution in [3.8, 4) is 5.75 Å². The largest absolute Gasteiger partial charge is 0.490 e. The van der Waals surface area contributed by atoms with E-state index in [-0.39, 0.29) is 18.3 Å². The third-order valence-corrected chi connectivity index (χ3v) is 8.49. The minimum Gasteiger partial charge on any atom is -0.490 e. The molecule has 1 aromatic carbocycles. The summed E-state index contributed by atoms with van der Waals surface area (Å²) in [6.07, 6.45) is 3.22. The van der Waals surface area contributed by atoms with E-state index >= 15 is 0 Å². The second-order valence-electron chi connectivity index (χ2n) is 13.2. The summed E-state index contributed by atoms with van der Waals surface area (Å²) in [7, 11) is 0. The number of aromatic nitrogens is 3. The molecule has 6 rings (SSSR count). The molecule has 11 heteroatoms. The van der Waals surface area contributed by atoms with Crippen LogP contribution in [0.5, 0.6) is 5.75 Å². The van der Waals surface area contributed by atoms with E-state index in [1.165, 1.54) is 0 Å². The topological polar surface area (TPSA) is 108 Å². The predicted molar refractivity (Wildman–Crippen MR) is 169 cm³/mol. The van der Waals surface area contributed by atoms with Gasteiger partial charge in [-0.15, -0.1) is 0 Å². The number of aryl methyl sites for hydroxylation is 1. The van der Waals surface area contributed by atoms with Crippen LogP contribution >= 0.6 is 11.6 Å². The molecule has 1 N–H and O–H groups in total.